The molecule has 0 fully saturated rings. The molecule has 0 radical (unpaired) electrons. The predicted octanol–water partition coefficient (Wildman–Crippen LogP) is 3.53. The lowest BCUT2D eigenvalue weighted by Crippen LogP contribution is -2.19. The summed E-state index contributed by atoms with van der Waals surface area (Å²) in [5, 5.41) is 3.98. The number of ether oxygens (including phenoxy) is 2. The van der Waals surface area contributed by atoms with Crippen molar-refractivity contribution in [2.45, 2.75) is 18.8 Å². The maximum Gasteiger partial charge on any atom is 0.233 e. The molecule has 0 aliphatic carbocycles. The van der Waals surface area contributed by atoms with Crippen molar-refractivity contribution in [3.05, 3.63) is 71.1 Å². The summed E-state index contributed by atoms with van der Waals surface area (Å²) in [6.07, 6.45) is 1.03. The second-order valence-electron chi connectivity index (χ2n) is 6.00. The highest BCUT2D eigenvalue weighted by atomic mass is 19.1. The average Bonchev–Trinajstić information content (AvgIpc) is 3.11. The molecule has 4 rings (SSSR count). The SMILES string of the molecule is COc1ccc2c(c1)CC(c1nc(Cc3ccccc3F)no1)CO2. The zero-order valence-corrected chi connectivity index (χ0v) is 13.7. The Kier molecular flexibility index (Phi) is 4.09. The molecule has 0 spiro atoms. The maximum absolute atomic E-state index is 13.8. The van der Waals surface area contributed by atoms with Crippen molar-refractivity contribution in [1.29, 1.82) is 0 Å². The summed E-state index contributed by atoms with van der Waals surface area (Å²) in [4.78, 5) is 4.43. The molecule has 0 saturated heterocycles. The van der Waals surface area contributed by atoms with Crippen LogP contribution in [0.4, 0.5) is 4.39 Å². The van der Waals surface area contributed by atoms with E-state index in [1.807, 2.05) is 18.2 Å². The van der Waals surface area contributed by atoms with Crippen molar-refractivity contribution in [1.82, 2.24) is 10.1 Å². The zero-order chi connectivity index (χ0) is 17.2. The van der Waals surface area contributed by atoms with Gasteiger partial charge in [0.15, 0.2) is 5.82 Å². The van der Waals surface area contributed by atoms with E-state index in [-0.39, 0.29) is 11.7 Å². The van der Waals surface area contributed by atoms with Crippen LogP contribution in [0.2, 0.25) is 0 Å². The lowest BCUT2D eigenvalue weighted by atomic mass is 9.96. The van der Waals surface area contributed by atoms with E-state index >= 15 is 0 Å². The molecular weight excluding hydrogens is 323 g/mol. The molecule has 1 aliphatic rings. The predicted molar refractivity (Wildman–Crippen MR) is 88.4 cm³/mol. The van der Waals surface area contributed by atoms with Crippen molar-refractivity contribution >= 4 is 0 Å². The van der Waals surface area contributed by atoms with E-state index in [0.29, 0.717) is 30.3 Å². The Hall–Kier alpha value is -2.89. The second-order valence-corrected chi connectivity index (χ2v) is 6.00. The molecule has 1 aliphatic heterocycles. The van der Waals surface area contributed by atoms with Gasteiger partial charge in [0.2, 0.25) is 5.89 Å². The first kappa shape index (κ1) is 15.6. The molecule has 1 atom stereocenters. The fraction of sp³-hybridized carbons (Fsp3) is 0.263. The van der Waals surface area contributed by atoms with Gasteiger partial charge in [0.25, 0.3) is 0 Å². The third-order valence-electron chi connectivity index (χ3n) is 4.31. The van der Waals surface area contributed by atoms with Gasteiger partial charge in [-0.3, -0.25) is 0 Å². The molecule has 0 bridgehead atoms. The Labute approximate surface area is 144 Å². The van der Waals surface area contributed by atoms with Crippen LogP contribution in [-0.4, -0.2) is 23.9 Å². The van der Waals surface area contributed by atoms with Gasteiger partial charge in [-0.15, -0.1) is 0 Å². The van der Waals surface area contributed by atoms with Crippen molar-refractivity contribution in [3.8, 4) is 11.5 Å². The lowest BCUT2D eigenvalue weighted by molar-refractivity contribution is 0.229. The monoisotopic (exact) mass is 340 g/mol. The number of fused-ring (bicyclic) bond motifs is 1. The number of nitrogens with zero attached hydrogens (tertiary/aromatic N) is 2. The van der Waals surface area contributed by atoms with Crippen LogP contribution in [0, 0.1) is 5.82 Å². The minimum Gasteiger partial charge on any atom is -0.497 e. The summed E-state index contributed by atoms with van der Waals surface area (Å²) in [6.45, 7) is 0.473. The summed E-state index contributed by atoms with van der Waals surface area (Å²) >= 11 is 0. The highest BCUT2D eigenvalue weighted by molar-refractivity contribution is 5.42. The highest BCUT2D eigenvalue weighted by Crippen LogP contribution is 2.34. The van der Waals surface area contributed by atoms with Crippen molar-refractivity contribution in [2.75, 3.05) is 13.7 Å². The van der Waals surface area contributed by atoms with Crippen molar-refractivity contribution in [3.63, 3.8) is 0 Å². The van der Waals surface area contributed by atoms with Crippen LogP contribution in [0.25, 0.3) is 0 Å². The van der Waals surface area contributed by atoms with Crippen molar-refractivity contribution < 1.29 is 18.4 Å². The molecule has 0 N–H and O–H groups in total. The van der Waals surface area contributed by atoms with Gasteiger partial charge in [-0.05, 0) is 41.8 Å². The van der Waals surface area contributed by atoms with Gasteiger partial charge in [-0.1, -0.05) is 23.4 Å². The molecule has 1 aromatic heterocycles. The van der Waals surface area contributed by atoms with E-state index in [2.05, 4.69) is 10.1 Å². The van der Waals surface area contributed by atoms with Crippen LogP contribution in [0.3, 0.4) is 0 Å². The van der Waals surface area contributed by atoms with Gasteiger partial charge in [0, 0.05) is 6.42 Å². The van der Waals surface area contributed by atoms with Crippen LogP contribution in [-0.2, 0) is 12.8 Å². The van der Waals surface area contributed by atoms with E-state index in [9.17, 15) is 4.39 Å². The van der Waals surface area contributed by atoms with E-state index in [1.165, 1.54) is 6.07 Å². The molecule has 25 heavy (non-hydrogen) atoms. The molecule has 2 aromatic carbocycles. The average molecular weight is 340 g/mol. The number of aromatic nitrogens is 2. The maximum atomic E-state index is 13.8. The van der Waals surface area contributed by atoms with Gasteiger partial charge in [-0.2, -0.15) is 4.98 Å². The summed E-state index contributed by atoms with van der Waals surface area (Å²) in [5.41, 5.74) is 1.59. The molecular formula is C19H17FN2O3. The molecule has 1 unspecified atom stereocenters. The smallest absolute Gasteiger partial charge is 0.233 e. The number of methoxy groups -OCH3 is 1. The minimum atomic E-state index is -0.268. The molecule has 2 heterocycles. The lowest BCUT2D eigenvalue weighted by Gasteiger charge is -2.23. The normalized spacial score (nSPS) is 16.2. The Morgan fingerprint density at radius 1 is 1.24 bits per heavy atom. The Morgan fingerprint density at radius 2 is 2.12 bits per heavy atom. The van der Waals surface area contributed by atoms with Crippen molar-refractivity contribution in [2.24, 2.45) is 0 Å². The largest absolute Gasteiger partial charge is 0.497 e. The van der Waals surface area contributed by atoms with E-state index in [0.717, 1.165) is 23.5 Å². The Morgan fingerprint density at radius 3 is 2.96 bits per heavy atom. The van der Waals surface area contributed by atoms with Gasteiger partial charge in [-0.25, -0.2) is 4.39 Å². The summed E-state index contributed by atoms with van der Waals surface area (Å²) in [7, 11) is 1.63. The highest BCUT2D eigenvalue weighted by Gasteiger charge is 2.26. The van der Waals surface area contributed by atoms with Gasteiger partial charge in [0.05, 0.1) is 13.0 Å². The quantitative estimate of drug-likeness (QED) is 0.727. The summed E-state index contributed by atoms with van der Waals surface area (Å²) < 4.78 is 30.2. The number of hydrogen-bond donors (Lipinski definition) is 0. The van der Waals surface area contributed by atoms with Crippen LogP contribution in [0.1, 0.15) is 28.8 Å². The first-order valence-corrected chi connectivity index (χ1v) is 8.08. The number of rotatable bonds is 4. The molecule has 5 nitrogen and oxygen atoms in total. The van der Waals surface area contributed by atoms with E-state index in [4.69, 9.17) is 14.0 Å². The van der Waals surface area contributed by atoms with Gasteiger partial charge >= 0.3 is 0 Å². The van der Waals surface area contributed by atoms with Crippen LogP contribution >= 0.6 is 0 Å². The molecule has 128 valence electrons. The molecule has 3 aromatic rings. The Balaban J connectivity index is 1.51. The number of halogens is 1. The minimum absolute atomic E-state index is 0.0264. The Bertz CT molecular complexity index is 894. The number of benzene rings is 2. The standard InChI is InChI=1S/C19H17FN2O3/c1-23-15-6-7-17-13(9-15)8-14(11-24-17)19-21-18(22-25-19)10-12-4-2-3-5-16(12)20/h2-7,9,14H,8,10-11H2,1H3. The van der Waals surface area contributed by atoms with Gasteiger partial charge < -0.3 is 14.0 Å². The summed E-state index contributed by atoms with van der Waals surface area (Å²) in [6, 6.07) is 12.3. The van der Waals surface area contributed by atoms with E-state index in [1.54, 1.807) is 25.3 Å². The van der Waals surface area contributed by atoms with Crippen LogP contribution in [0.15, 0.2) is 47.0 Å². The fourth-order valence-electron chi connectivity index (χ4n) is 2.97. The zero-order valence-electron chi connectivity index (χ0n) is 13.7. The molecule has 0 saturated carbocycles. The van der Waals surface area contributed by atoms with Crippen LogP contribution in [0.5, 0.6) is 11.5 Å². The van der Waals surface area contributed by atoms with E-state index < -0.39 is 0 Å². The third-order valence-corrected chi connectivity index (χ3v) is 4.31. The first-order valence-electron chi connectivity index (χ1n) is 8.08. The van der Waals surface area contributed by atoms with Crippen LogP contribution < -0.4 is 9.47 Å². The molecule has 0 amide bonds. The van der Waals surface area contributed by atoms with Gasteiger partial charge in [0.1, 0.15) is 23.9 Å². The first-order chi connectivity index (χ1) is 12.2. The number of hydrogen-bond acceptors (Lipinski definition) is 5. The topological polar surface area (TPSA) is 57.4 Å². The third kappa shape index (κ3) is 3.20. The second kappa shape index (κ2) is 6.55. The summed E-state index contributed by atoms with van der Waals surface area (Å²) in [5.74, 6) is 2.32. The molecule has 6 heteroatoms. The fourth-order valence-corrected chi connectivity index (χ4v) is 2.97.